The molecule has 0 saturated heterocycles. The second-order valence-electron chi connectivity index (χ2n) is 12.1. The summed E-state index contributed by atoms with van der Waals surface area (Å²) in [5.41, 5.74) is 9.63. The van der Waals surface area contributed by atoms with Crippen LogP contribution in [0.15, 0.2) is 51.8 Å². The van der Waals surface area contributed by atoms with Gasteiger partial charge in [-0.3, -0.25) is 0 Å². The topological polar surface area (TPSA) is 0 Å². The van der Waals surface area contributed by atoms with Crippen LogP contribution in [0.5, 0.6) is 0 Å². The molecular weight excluding hydrogens is 464 g/mol. The van der Waals surface area contributed by atoms with E-state index in [-0.39, 0.29) is 10.8 Å². The third-order valence-corrected chi connectivity index (χ3v) is 15.5. The summed E-state index contributed by atoms with van der Waals surface area (Å²) < 4.78 is 5.58. The van der Waals surface area contributed by atoms with Crippen molar-refractivity contribution in [3.63, 3.8) is 0 Å². The molecule has 3 aliphatic rings. The van der Waals surface area contributed by atoms with E-state index in [9.17, 15) is 0 Å². The van der Waals surface area contributed by atoms with Crippen molar-refractivity contribution in [2.75, 3.05) is 0 Å². The molecule has 0 aliphatic heterocycles. The van der Waals surface area contributed by atoms with Crippen LogP contribution in [0, 0.1) is 0 Å². The molecule has 0 unspecified atom stereocenters. The predicted octanol–water partition coefficient (Wildman–Crippen LogP) is 7.69. The van der Waals surface area contributed by atoms with E-state index in [1.54, 1.807) is 14.4 Å². The van der Waals surface area contributed by atoms with E-state index in [2.05, 4.69) is 90.1 Å². The Hall–Kier alpha value is -1.33. The van der Waals surface area contributed by atoms with Crippen LogP contribution in [0.3, 0.4) is 0 Å². The average molecular weight is 502 g/mol. The molecule has 0 amide bonds. The van der Waals surface area contributed by atoms with Gasteiger partial charge in [0, 0.05) is 0 Å². The number of hydrogen-bond donors (Lipinski definition) is 0. The summed E-state index contributed by atoms with van der Waals surface area (Å²) in [6, 6.07) is 12.6. The summed E-state index contributed by atoms with van der Waals surface area (Å²) in [7, 11) is 0. The first-order valence-electron chi connectivity index (χ1n) is 12.5. The minimum atomic E-state index is -2.05. The number of rotatable bonds is 2. The van der Waals surface area contributed by atoms with Gasteiger partial charge in [0.1, 0.15) is 0 Å². The van der Waals surface area contributed by atoms with Crippen molar-refractivity contribution in [1.82, 2.24) is 0 Å². The van der Waals surface area contributed by atoms with Crippen molar-refractivity contribution < 1.29 is 21.3 Å². The van der Waals surface area contributed by atoms with Gasteiger partial charge in [-0.1, -0.05) is 0 Å². The second-order valence-corrected chi connectivity index (χ2v) is 18.6. The van der Waals surface area contributed by atoms with Crippen LogP contribution in [-0.2, 0) is 38.5 Å². The average Bonchev–Trinajstić information content (AvgIpc) is 3.48. The molecule has 0 radical (unpaired) electrons. The van der Waals surface area contributed by atoms with Crippen molar-refractivity contribution in [2.24, 2.45) is 0 Å². The Morgan fingerprint density at radius 3 is 2.09 bits per heavy atom. The quantitative estimate of drug-likeness (QED) is 0.338. The zero-order chi connectivity index (χ0) is 22.7. The number of benzene rings is 2. The van der Waals surface area contributed by atoms with Gasteiger partial charge in [0.25, 0.3) is 0 Å². The van der Waals surface area contributed by atoms with Crippen LogP contribution in [0.1, 0.15) is 95.9 Å². The van der Waals surface area contributed by atoms with Crippen molar-refractivity contribution in [3.8, 4) is 11.1 Å². The molecule has 0 bridgehead atoms. The van der Waals surface area contributed by atoms with E-state index in [0.717, 1.165) is 6.42 Å². The van der Waals surface area contributed by atoms with Gasteiger partial charge in [-0.2, -0.15) is 0 Å². The summed E-state index contributed by atoms with van der Waals surface area (Å²) in [5.74, 6) is 0. The molecule has 2 aromatic rings. The van der Waals surface area contributed by atoms with E-state index in [1.807, 2.05) is 6.49 Å². The zero-order valence-electron chi connectivity index (χ0n) is 20.9. The Morgan fingerprint density at radius 2 is 1.47 bits per heavy atom. The molecule has 0 heterocycles. The Labute approximate surface area is 203 Å². The summed E-state index contributed by atoms with van der Waals surface area (Å²) in [4.78, 5) is 0. The summed E-state index contributed by atoms with van der Waals surface area (Å²) >= 11 is -2.05. The molecule has 0 N–H and O–H groups in total. The first kappa shape index (κ1) is 22.5. The summed E-state index contributed by atoms with van der Waals surface area (Å²) in [6.07, 6.45) is 15.2. The van der Waals surface area contributed by atoms with Crippen LogP contribution in [0.2, 0.25) is 0 Å². The molecular formula is C31H38Zr. The second kappa shape index (κ2) is 8.16. The number of fused-ring (bicyclic) bond motifs is 3. The molecule has 1 heteroatoms. The van der Waals surface area contributed by atoms with E-state index in [4.69, 9.17) is 0 Å². The first-order chi connectivity index (χ1) is 15.1. The first-order valence-corrected chi connectivity index (χ1v) is 16.2. The van der Waals surface area contributed by atoms with E-state index in [0.29, 0.717) is 0 Å². The molecule has 2 aromatic carbocycles. The van der Waals surface area contributed by atoms with Gasteiger partial charge in [0.05, 0.1) is 0 Å². The molecule has 3 aliphatic carbocycles. The molecule has 1 saturated carbocycles. The Bertz CT molecular complexity index is 1160. The van der Waals surface area contributed by atoms with Gasteiger partial charge < -0.3 is 0 Å². The van der Waals surface area contributed by atoms with E-state index >= 15 is 0 Å². The van der Waals surface area contributed by atoms with Gasteiger partial charge in [-0.05, 0) is 0 Å². The molecule has 0 spiro atoms. The minimum absolute atomic E-state index is 0.172. The van der Waals surface area contributed by atoms with E-state index in [1.165, 1.54) is 54.4 Å². The third kappa shape index (κ3) is 4.05. The zero-order valence-corrected chi connectivity index (χ0v) is 23.3. The van der Waals surface area contributed by atoms with Crippen LogP contribution >= 0.6 is 0 Å². The standard InChI is InChI=1S/C21H25.C5H8.C5H5.Zr/c1-20(2,3)16-9-7-14-11-15-8-10-17(21(4,5)6)13-19(15)18(14)12-16;2*1-2-4-5-3-1;/h7,9-10,12-13H,11H2,1-6H3;1-4H2;1-3H,4H2;. The van der Waals surface area contributed by atoms with Crippen LogP contribution in [0.4, 0.5) is 0 Å². The van der Waals surface area contributed by atoms with Gasteiger partial charge >= 0.3 is 204 Å². The van der Waals surface area contributed by atoms with Crippen LogP contribution in [0.25, 0.3) is 11.1 Å². The Morgan fingerprint density at radius 1 is 0.781 bits per heavy atom. The van der Waals surface area contributed by atoms with Crippen molar-refractivity contribution >= 4 is 6.48 Å². The van der Waals surface area contributed by atoms with Gasteiger partial charge in [0.2, 0.25) is 0 Å². The van der Waals surface area contributed by atoms with Gasteiger partial charge in [-0.25, -0.2) is 0 Å². The SMILES string of the molecule is CC(C)(C)c1ccc2c(c1)-c1cc(C(C)(C)C)c[c]([Zr]([C]3=CC=CC3)=[C]3CCCC3)c1C2. The maximum absolute atomic E-state index is 2.68. The van der Waals surface area contributed by atoms with Gasteiger partial charge in [-0.15, -0.1) is 0 Å². The summed E-state index contributed by atoms with van der Waals surface area (Å²) in [5, 5.41) is 0. The third-order valence-electron chi connectivity index (χ3n) is 7.67. The maximum atomic E-state index is 2.68. The molecule has 166 valence electrons. The number of allylic oxidation sites excluding steroid dienone is 4. The number of hydrogen-bond acceptors (Lipinski definition) is 0. The monoisotopic (exact) mass is 500 g/mol. The van der Waals surface area contributed by atoms with Crippen LogP contribution in [-0.4, -0.2) is 3.21 Å². The molecule has 0 atom stereocenters. The Balaban J connectivity index is 1.77. The predicted molar refractivity (Wildman–Crippen MR) is 137 cm³/mol. The molecule has 32 heavy (non-hydrogen) atoms. The van der Waals surface area contributed by atoms with Crippen molar-refractivity contribution in [1.29, 1.82) is 0 Å². The van der Waals surface area contributed by atoms with E-state index < -0.39 is 21.3 Å². The van der Waals surface area contributed by atoms with Crippen LogP contribution < -0.4 is 3.27 Å². The summed E-state index contributed by atoms with van der Waals surface area (Å²) in [6.45, 7) is 14.2. The molecule has 0 nitrogen and oxygen atoms in total. The molecule has 5 rings (SSSR count). The van der Waals surface area contributed by atoms with Gasteiger partial charge in [0.15, 0.2) is 0 Å². The fraction of sp³-hybridized carbons (Fsp3) is 0.452. The fourth-order valence-electron chi connectivity index (χ4n) is 5.67. The Kier molecular flexibility index (Phi) is 5.73. The van der Waals surface area contributed by atoms with Crippen molar-refractivity contribution in [2.45, 2.75) is 90.9 Å². The molecule has 1 fully saturated rings. The molecule has 0 aromatic heterocycles. The van der Waals surface area contributed by atoms with Crippen molar-refractivity contribution in [3.05, 3.63) is 74.1 Å². The fourth-order valence-corrected chi connectivity index (χ4v) is 14.1. The normalized spacial score (nSPS) is 17.6.